The van der Waals surface area contributed by atoms with Crippen molar-refractivity contribution in [2.24, 2.45) is 0 Å². The fourth-order valence-corrected chi connectivity index (χ4v) is 6.37. The lowest BCUT2D eigenvalue weighted by Gasteiger charge is -2.24. The molecule has 11 heteroatoms. The number of carbonyl (C=O) groups excluding carboxylic acids is 1. The van der Waals surface area contributed by atoms with Gasteiger partial charge in [0.15, 0.2) is 0 Å². The molecule has 1 amide bonds. The number of ether oxygens (including phenoxy) is 1. The third-order valence-electron chi connectivity index (χ3n) is 8.24. The van der Waals surface area contributed by atoms with E-state index in [-0.39, 0.29) is 31.1 Å². The second-order valence-electron chi connectivity index (χ2n) is 10.7. The van der Waals surface area contributed by atoms with Crippen LogP contribution < -0.4 is 9.64 Å². The normalized spacial score (nSPS) is 17.6. The first kappa shape index (κ1) is 27.1. The lowest BCUT2D eigenvalue weighted by molar-refractivity contribution is -0.120. The van der Waals surface area contributed by atoms with Gasteiger partial charge in [-0.05, 0) is 77.8 Å². The zero-order valence-corrected chi connectivity index (χ0v) is 23.5. The Balaban J connectivity index is 1.26. The first-order valence-electron chi connectivity index (χ1n) is 14.0. The molecule has 3 aliphatic rings. The van der Waals surface area contributed by atoms with Crippen molar-refractivity contribution in [1.82, 2.24) is 14.3 Å². The number of nitrogens with one attached hydrogen (secondary N) is 1. The highest BCUT2D eigenvalue weighted by atomic mass is 32.2. The fraction of sp³-hybridized carbons (Fsp3) is 0.290. The minimum Gasteiger partial charge on any atom is -0.491 e. The molecule has 0 bridgehead atoms. The van der Waals surface area contributed by atoms with Gasteiger partial charge in [-0.25, -0.2) is 18.9 Å². The van der Waals surface area contributed by atoms with E-state index in [9.17, 15) is 9.90 Å². The third-order valence-corrected chi connectivity index (χ3v) is 8.84. The van der Waals surface area contributed by atoms with Crippen LogP contribution in [0.15, 0.2) is 54.7 Å². The fourth-order valence-electron chi connectivity index (χ4n) is 5.98. The van der Waals surface area contributed by atoms with Crippen LogP contribution in [0.25, 0.3) is 27.7 Å². The molecule has 9 nitrogen and oxygen atoms in total. The van der Waals surface area contributed by atoms with E-state index in [0.29, 0.717) is 35.9 Å². The zero-order valence-electron chi connectivity index (χ0n) is 22.7. The number of aromatic nitrogens is 2. The van der Waals surface area contributed by atoms with Crippen molar-refractivity contribution in [1.29, 1.82) is 0 Å². The molecule has 0 atom stereocenters. The molecule has 3 N–H and O–H groups in total. The Hall–Kier alpha value is -3.74. The van der Waals surface area contributed by atoms with E-state index >= 15 is 4.39 Å². The molecular weight excluding hydrogens is 559 g/mol. The number of rotatable bonds is 7. The van der Waals surface area contributed by atoms with E-state index in [1.807, 2.05) is 22.5 Å². The summed E-state index contributed by atoms with van der Waals surface area (Å²) in [5, 5.41) is 20.2. The van der Waals surface area contributed by atoms with Crippen LogP contribution in [0.3, 0.4) is 0 Å². The molecule has 1 fully saturated rings. The first-order valence-corrected chi connectivity index (χ1v) is 14.7. The lowest BCUT2D eigenvalue weighted by Crippen LogP contribution is -2.33. The number of amides is 1. The Morgan fingerprint density at radius 3 is 2.81 bits per heavy atom. The van der Waals surface area contributed by atoms with Crippen molar-refractivity contribution in [3.05, 3.63) is 82.9 Å². The van der Waals surface area contributed by atoms with Gasteiger partial charge in [0.2, 0.25) is 0 Å². The van der Waals surface area contributed by atoms with Gasteiger partial charge in [-0.3, -0.25) is 4.79 Å². The number of H-pyrrole nitrogens is 1. The largest absolute Gasteiger partial charge is 0.491 e. The van der Waals surface area contributed by atoms with Crippen molar-refractivity contribution in [2.75, 3.05) is 31.1 Å². The number of hydrogen-bond donors (Lipinski definition) is 3. The van der Waals surface area contributed by atoms with Crippen molar-refractivity contribution < 1.29 is 28.6 Å². The van der Waals surface area contributed by atoms with Gasteiger partial charge >= 0.3 is 0 Å². The topological polar surface area (TPSA) is 111 Å². The molecule has 0 unspecified atom stereocenters. The van der Waals surface area contributed by atoms with Crippen molar-refractivity contribution in [3.8, 4) is 16.9 Å². The molecule has 4 heterocycles. The summed E-state index contributed by atoms with van der Waals surface area (Å²) in [6.45, 7) is 1.43. The van der Waals surface area contributed by atoms with Crippen LogP contribution in [0, 0.1) is 5.82 Å². The van der Waals surface area contributed by atoms with Crippen molar-refractivity contribution >= 4 is 40.4 Å². The number of aromatic amines is 1. The highest BCUT2D eigenvalue weighted by molar-refractivity contribution is 7.92. The number of fused-ring (bicyclic) bond motifs is 2. The van der Waals surface area contributed by atoms with Crippen LogP contribution in [-0.2, 0) is 10.9 Å². The smallest absolute Gasteiger partial charge is 0.265 e. The number of aliphatic hydroxyl groups is 1. The summed E-state index contributed by atoms with van der Waals surface area (Å²) < 4.78 is 27.3. The Morgan fingerprint density at radius 2 is 2.05 bits per heavy atom. The second-order valence-corrected chi connectivity index (χ2v) is 11.6. The molecule has 0 spiro atoms. The van der Waals surface area contributed by atoms with Gasteiger partial charge in [0, 0.05) is 35.9 Å². The number of aliphatic hydroxyl groups excluding tert-OH is 1. The molecule has 0 saturated heterocycles. The standard InChI is InChI=1S/C31H29FN4O5S/c32-25-14-20(18-4-5-18)15-28-29(25)31(38)36(12-13-40-28)27-3-1-2-21(24(27)17-37)22-6-9-33-30-23(22)16-26(34-30)19-7-10-35(11-8-19)42-41-39/h1-3,6-7,9,14-16,18,37,39H,4-5,8,10-13,17H2,(H,33,34). The maximum atomic E-state index is 15.3. The van der Waals surface area contributed by atoms with Gasteiger partial charge in [0.25, 0.3) is 5.91 Å². The molecule has 0 radical (unpaired) electrons. The summed E-state index contributed by atoms with van der Waals surface area (Å²) >= 11 is 0.915. The SMILES string of the molecule is O=C1c2c(F)cc(C3CC3)cc2OCCN1c1cccc(-c2ccnc3[nH]c(C4=CCN(SOO)CC4)cc23)c1CO. The molecule has 2 aromatic heterocycles. The highest BCUT2D eigenvalue weighted by Crippen LogP contribution is 2.44. The molecule has 4 aromatic rings. The zero-order chi connectivity index (χ0) is 28.8. The van der Waals surface area contributed by atoms with Gasteiger partial charge < -0.3 is 19.7 Å². The molecule has 1 saturated carbocycles. The predicted octanol–water partition coefficient (Wildman–Crippen LogP) is 5.92. The van der Waals surface area contributed by atoms with Crippen molar-refractivity contribution in [3.63, 3.8) is 0 Å². The van der Waals surface area contributed by atoms with E-state index in [2.05, 4.69) is 26.4 Å². The van der Waals surface area contributed by atoms with Gasteiger partial charge in [-0.2, -0.15) is 0 Å². The van der Waals surface area contributed by atoms with Crippen LogP contribution in [0.2, 0.25) is 0 Å². The minimum atomic E-state index is -0.577. The van der Waals surface area contributed by atoms with Crippen molar-refractivity contribution in [2.45, 2.75) is 31.8 Å². The van der Waals surface area contributed by atoms with E-state index in [0.717, 1.165) is 64.8 Å². The number of anilines is 1. The summed E-state index contributed by atoms with van der Waals surface area (Å²) in [4.78, 5) is 23.3. The Kier molecular flexibility index (Phi) is 7.20. The number of carbonyl (C=O) groups is 1. The summed E-state index contributed by atoms with van der Waals surface area (Å²) in [5.74, 6) is -0.451. The Morgan fingerprint density at radius 1 is 1.17 bits per heavy atom. The predicted molar refractivity (Wildman–Crippen MR) is 158 cm³/mol. The molecule has 1 aliphatic carbocycles. The van der Waals surface area contributed by atoms with E-state index in [1.165, 1.54) is 11.0 Å². The first-order chi connectivity index (χ1) is 20.6. The Labute approximate surface area is 245 Å². The average molecular weight is 589 g/mol. The van der Waals surface area contributed by atoms with Gasteiger partial charge in [0.05, 0.1) is 18.8 Å². The molecule has 216 valence electrons. The van der Waals surface area contributed by atoms with E-state index in [4.69, 9.17) is 9.99 Å². The number of halogens is 1. The second kappa shape index (κ2) is 11.2. The minimum absolute atomic E-state index is 0.0731. The quantitative estimate of drug-likeness (QED) is 0.106. The molecule has 7 rings (SSSR count). The lowest BCUT2D eigenvalue weighted by atomic mass is 9.95. The van der Waals surface area contributed by atoms with Crippen LogP contribution in [0.1, 0.15) is 52.4 Å². The van der Waals surface area contributed by atoms with Crippen LogP contribution >= 0.6 is 12.2 Å². The summed E-state index contributed by atoms with van der Waals surface area (Å²) in [6.07, 6.45) is 6.59. The molecule has 2 aliphatic heterocycles. The summed E-state index contributed by atoms with van der Waals surface area (Å²) in [7, 11) is 0. The number of pyridine rings is 1. The van der Waals surface area contributed by atoms with Gasteiger partial charge in [0.1, 0.15) is 41.6 Å². The average Bonchev–Trinajstić information content (AvgIpc) is 3.79. The van der Waals surface area contributed by atoms with Crippen LogP contribution in [0.4, 0.5) is 10.1 Å². The van der Waals surface area contributed by atoms with Gasteiger partial charge in [-0.1, -0.05) is 18.2 Å². The van der Waals surface area contributed by atoms with Crippen LogP contribution in [0.5, 0.6) is 5.75 Å². The molecule has 42 heavy (non-hydrogen) atoms. The summed E-state index contributed by atoms with van der Waals surface area (Å²) in [6, 6.07) is 12.7. The monoisotopic (exact) mass is 588 g/mol. The highest BCUT2D eigenvalue weighted by Gasteiger charge is 2.33. The number of benzene rings is 2. The maximum Gasteiger partial charge on any atom is 0.265 e. The van der Waals surface area contributed by atoms with Crippen LogP contribution in [-0.4, -0.2) is 56.8 Å². The number of nitrogens with zero attached hydrogens (tertiary/aromatic N) is 3. The number of hydrogen-bond acceptors (Lipinski definition) is 8. The molecular formula is C31H29FN4O5S. The Bertz CT molecular complexity index is 1720. The molecule has 2 aromatic carbocycles. The maximum absolute atomic E-state index is 15.3. The van der Waals surface area contributed by atoms with E-state index < -0.39 is 11.7 Å². The third kappa shape index (κ3) is 4.87. The summed E-state index contributed by atoms with van der Waals surface area (Å²) in [5.41, 5.74) is 6.27. The van der Waals surface area contributed by atoms with E-state index in [1.54, 1.807) is 18.3 Å². The van der Waals surface area contributed by atoms with Gasteiger partial charge in [-0.15, -0.1) is 4.33 Å².